The number of fused-ring (bicyclic) bond motifs is 2. The number of cyclic esters (lactones) is 1. The van der Waals surface area contributed by atoms with Gasteiger partial charge in [0.25, 0.3) is 0 Å². The van der Waals surface area contributed by atoms with Crippen molar-refractivity contribution in [3.8, 4) is 0 Å². The lowest BCUT2D eigenvalue weighted by atomic mass is 9.83. The molecule has 0 amide bonds. The van der Waals surface area contributed by atoms with Gasteiger partial charge >= 0.3 is 5.97 Å². The summed E-state index contributed by atoms with van der Waals surface area (Å²) >= 11 is 0. The normalized spacial score (nSPS) is 22.2. The molecule has 1 heterocycles. The van der Waals surface area contributed by atoms with Crippen LogP contribution in [0.4, 0.5) is 0 Å². The van der Waals surface area contributed by atoms with E-state index in [1.54, 1.807) is 0 Å². The third-order valence-corrected chi connectivity index (χ3v) is 5.51. The summed E-state index contributed by atoms with van der Waals surface area (Å²) in [7, 11) is 0. The van der Waals surface area contributed by atoms with Crippen molar-refractivity contribution in [3.63, 3.8) is 0 Å². The minimum Gasteiger partial charge on any atom is -0.454 e. The van der Waals surface area contributed by atoms with Crippen molar-refractivity contribution in [1.29, 1.82) is 0 Å². The molecule has 2 nitrogen and oxygen atoms in total. The molecule has 1 aliphatic carbocycles. The van der Waals surface area contributed by atoms with E-state index in [0.29, 0.717) is 5.92 Å². The molecule has 0 saturated carbocycles. The Balaban J connectivity index is 1.79. The van der Waals surface area contributed by atoms with Crippen LogP contribution in [0.2, 0.25) is 0 Å². The first-order valence-electron chi connectivity index (χ1n) is 8.83. The van der Waals surface area contributed by atoms with Crippen molar-refractivity contribution in [3.05, 3.63) is 69.8 Å². The lowest BCUT2D eigenvalue weighted by Gasteiger charge is -2.21. The minimum atomic E-state index is -0.180. The predicted octanol–water partition coefficient (Wildman–Crippen LogP) is 5.29. The fourth-order valence-corrected chi connectivity index (χ4v) is 4.21. The van der Waals surface area contributed by atoms with Gasteiger partial charge in [-0.15, -0.1) is 0 Å². The molecule has 124 valence electrons. The maximum Gasteiger partial charge on any atom is 0.339 e. The molecule has 0 aromatic heterocycles. The molecule has 0 bridgehead atoms. The first-order valence-corrected chi connectivity index (χ1v) is 8.83. The summed E-state index contributed by atoms with van der Waals surface area (Å²) in [5, 5.41) is 0. The van der Waals surface area contributed by atoms with Crippen molar-refractivity contribution >= 4 is 5.97 Å². The van der Waals surface area contributed by atoms with Crippen LogP contribution in [0.25, 0.3) is 0 Å². The van der Waals surface area contributed by atoms with Gasteiger partial charge in [-0.1, -0.05) is 51.1 Å². The van der Waals surface area contributed by atoms with Gasteiger partial charge in [-0.2, -0.15) is 0 Å². The van der Waals surface area contributed by atoms with Crippen molar-refractivity contribution < 1.29 is 9.53 Å². The number of carbonyl (C=O) groups excluding carboxylic acids is 1. The standard InChI is InChI=1S/C22H24O2/c1-13-20-18(6-5-7-19(20)21(23)24-13)17-10-8-14-12-15(22(2,3)4)9-11-16(14)17/h5-7,9,11-13,17H,8,10H2,1-4H3. The Hall–Kier alpha value is -2.09. The number of ether oxygens (including phenoxy) is 1. The van der Waals surface area contributed by atoms with E-state index in [4.69, 9.17) is 4.74 Å². The number of hydrogen-bond donors (Lipinski definition) is 0. The summed E-state index contributed by atoms with van der Waals surface area (Å²) in [6.45, 7) is 8.76. The van der Waals surface area contributed by atoms with E-state index in [1.807, 2.05) is 19.1 Å². The zero-order valence-electron chi connectivity index (χ0n) is 14.8. The highest BCUT2D eigenvalue weighted by Crippen LogP contribution is 2.44. The Morgan fingerprint density at radius 1 is 1.08 bits per heavy atom. The molecule has 2 heteroatoms. The molecule has 2 aliphatic rings. The first-order chi connectivity index (χ1) is 11.4. The van der Waals surface area contributed by atoms with E-state index >= 15 is 0 Å². The van der Waals surface area contributed by atoms with Crippen LogP contribution in [0.5, 0.6) is 0 Å². The van der Waals surface area contributed by atoms with Crippen molar-refractivity contribution in [2.75, 3.05) is 0 Å². The zero-order chi connectivity index (χ0) is 17.1. The molecule has 2 aromatic carbocycles. The first kappa shape index (κ1) is 15.4. The van der Waals surface area contributed by atoms with Gasteiger partial charge in [-0.25, -0.2) is 4.79 Å². The van der Waals surface area contributed by atoms with E-state index < -0.39 is 0 Å². The summed E-state index contributed by atoms with van der Waals surface area (Å²) in [5.41, 5.74) is 7.57. The average molecular weight is 320 g/mol. The van der Waals surface area contributed by atoms with E-state index in [0.717, 1.165) is 24.0 Å². The third kappa shape index (κ3) is 2.28. The second kappa shape index (κ2) is 5.20. The molecule has 1 aliphatic heterocycles. The largest absolute Gasteiger partial charge is 0.454 e. The van der Waals surface area contributed by atoms with Crippen LogP contribution in [0.15, 0.2) is 36.4 Å². The van der Waals surface area contributed by atoms with Crippen LogP contribution in [0.3, 0.4) is 0 Å². The molecule has 4 rings (SSSR count). The lowest BCUT2D eigenvalue weighted by Crippen LogP contribution is -2.11. The summed E-state index contributed by atoms with van der Waals surface area (Å²) in [6.07, 6.45) is 2.08. The molecule has 2 atom stereocenters. The lowest BCUT2D eigenvalue weighted by molar-refractivity contribution is 0.0421. The molecule has 0 fully saturated rings. The van der Waals surface area contributed by atoms with Crippen LogP contribution >= 0.6 is 0 Å². The van der Waals surface area contributed by atoms with Crippen LogP contribution in [0, 0.1) is 0 Å². The summed E-state index contributed by atoms with van der Waals surface area (Å²) in [4.78, 5) is 12.0. The van der Waals surface area contributed by atoms with E-state index in [2.05, 4.69) is 45.0 Å². The smallest absolute Gasteiger partial charge is 0.339 e. The zero-order valence-corrected chi connectivity index (χ0v) is 14.8. The number of benzene rings is 2. The van der Waals surface area contributed by atoms with Gasteiger partial charge in [0.2, 0.25) is 0 Å². The Kier molecular flexibility index (Phi) is 3.35. The topological polar surface area (TPSA) is 26.3 Å². The predicted molar refractivity (Wildman–Crippen MR) is 95.6 cm³/mol. The van der Waals surface area contributed by atoms with Crippen LogP contribution in [0.1, 0.15) is 84.3 Å². The Morgan fingerprint density at radius 2 is 1.88 bits per heavy atom. The Labute approximate surface area is 143 Å². The highest BCUT2D eigenvalue weighted by molar-refractivity contribution is 5.94. The van der Waals surface area contributed by atoms with Gasteiger partial charge in [-0.3, -0.25) is 0 Å². The van der Waals surface area contributed by atoms with E-state index in [-0.39, 0.29) is 17.5 Å². The maximum atomic E-state index is 12.0. The van der Waals surface area contributed by atoms with Gasteiger partial charge in [0.05, 0.1) is 5.56 Å². The molecular formula is C22H24O2. The van der Waals surface area contributed by atoms with E-state index in [1.165, 1.54) is 22.3 Å². The van der Waals surface area contributed by atoms with E-state index in [9.17, 15) is 4.79 Å². The maximum absolute atomic E-state index is 12.0. The van der Waals surface area contributed by atoms with Gasteiger partial charge < -0.3 is 4.74 Å². The fraction of sp³-hybridized carbons (Fsp3) is 0.409. The Bertz CT molecular complexity index is 826. The molecule has 0 saturated heterocycles. The highest BCUT2D eigenvalue weighted by Gasteiger charge is 2.34. The molecule has 0 spiro atoms. The fourth-order valence-electron chi connectivity index (χ4n) is 4.21. The second-order valence-electron chi connectivity index (χ2n) is 8.11. The number of rotatable bonds is 1. The summed E-state index contributed by atoms with van der Waals surface area (Å²) < 4.78 is 5.44. The summed E-state index contributed by atoms with van der Waals surface area (Å²) in [6, 6.07) is 13.0. The Morgan fingerprint density at radius 3 is 2.62 bits per heavy atom. The van der Waals surface area contributed by atoms with Crippen molar-refractivity contribution in [2.45, 2.75) is 58.0 Å². The molecule has 0 radical (unpaired) electrons. The van der Waals surface area contributed by atoms with Crippen molar-refractivity contribution in [1.82, 2.24) is 0 Å². The average Bonchev–Trinajstić information content (AvgIpc) is 3.07. The SMILES string of the molecule is CC1OC(=O)c2cccc(C3CCc4cc(C(C)(C)C)ccc43)c21. The molecule has 24 heavy (non-hydrogen) atoms. The molecule has 2 aromatic rings. The quantitative estimate of drug-likeness (QED) is 0.667. The van der Waals surface area contributed by atoms with Gasteiger partial charge in [-0.05, 0) is 53.5 Å². The minimum absolute atomic E-state index is 0.137. The number of esters is 1. The van der Waals surface area contributed by atoms with Crippen molar-refractivity contribution in [2.24, 2.45) is 0 Å². The highest BCUT2D eigenvalue weighted by atomic mass is 16.5. The number of hydrogen-bond acceptors (Lipinski definition) is 2. The summed E-state index contributed by atoms with van der Waals surface area (Å²) in [5.74, 6) is 0.196. The van der Waals surface area contributed by atoms with Crippen LogP contribution in [-0.2, 0) is 16.6 Å². The number of carbonyl (C=O) groups is 1. The second-order valence-corrected chi connectivity index (χ2v) is 8.11. The number of aryl methyl sites for hydroxylation is 1. The molecule has 2 unspecified atom stereocenters. The third-order valence-electron chi connectivity index (χ3n) is 5.51. The van der Waals surface area contributed by atoms with Crippen LogP contribution in [-0.4, -0.2) is 5.97 Å². The van der Waals surface area contributed by atoms with Gasteiger partial charge in [0.1, 0.15) is 6.10 Å². The van der Waals surface area contributed by atoms with Gasteiger partial charge in [0.15, 0.2) is 0 Å². The van der Waals surface area contributed by atoms with Gasteiger partial charge in [0, 0.05) is 11.5 Å². The molecule has 0 N–H and O–H groups in total. The monoisotopic (exact) mass is 320 g/mol. The molecular weight excluding hydrogens is 296 g/mol. The van der Waals surface area contributed by atoms with Crippen LogP contribution < -0.4 is 0 Å².